The monoisotopic (exact) mass is 291 g/mol. The topological polar surface area (TPSA) is 58.4 Å². The predicted molar refractivity (Wildman–Crippen MR) is 85.5 cm³/mol. The molecule has 2 rings (SSSR count). The summed E-state index contributed by atoms with van der Waals surface area (Å²) < 4.78 is 0. The average molecular weight is 291 g/mol. The van der Waals surface area contributed by atoms with Crippen LogP contribution in [0.5, 0.6) is 0 Å². The molecular weight excluding hydrogens is 266 g/mol. The predicted octanol–water partition coefficient (Wildman–Crippen LogP) is 3.65. The highest BCUT2D eigenvalue weighted by Gasteiger charge is 2.25. The second kappa shape index (κ2) is 6.89. The molecule has 1 aliphatic heterocycles. The Bertz CT molecular complexity index is 504. The maximum atomic E-state index is 11.0. The lowest BCUT2D eigenvalue weighted by Gasteiger charge is -2.38. The van der Waals surface area contributed by atoms with Gasteiger partial charge in [0.05, 0.1) is 4.92 Å². The summed E-state index contributed by atoms with van der Waals surface area (Å²) >= 11 is 0. The molecule has 1 aromatic carbocycles. The Kier molecular flexibility index (Phi) is 5.17. The van der Waals surface area contributed by atoms with Gasteiger partial charge in [-0.3, -0.25) is 15.0 Å². The van der Waals surface area contributed by atoms with Crippen LogP contribution >= 0.6 is 0 Å². The number of rotatable bonds is 5. The van der Waals surface area contributed by atoms with E-state index >= 15 is 0 Å². The number of piperidine rings is 1. The van der Waals surface area contributed by atoms with Gasteiger partial charge in [-0.05, 0) is 50.8 Å². The molecule has 5 nitrogen and oxygen atoms in total. The Balaban J connectivity index is 2.23. The van der Waals surface area contributed by atoms with Gasteiger partial charge in [0.2, 0.25) is 0 Å². The number of nitro benzene ring substituents is 1. The van der Waals surface area contributed by atoms with Crippen LogP contribution in [0.15, 0.2) is 18.2 Å². The van der Waals surface area contributed by atoms with Gasteiger partial charge in [0.1, 0.15) is 0 Å². The van der Waals surface area contributed by atoms with Gasteiger partial charge < -0.3 is 5.32 Å². The van der Waals surface area contributed by atoms with Gasteiger partial charge >= 0.3 is 0 Å². The van der Waals surface area contributed by atoms with Crippen LogP contribution in [0.3, 0.4) is 0 Å². The van der Waals surface area contributed by atoms with Crippen LogP contribution in [0.4, 0.5) is 11.4 Å². The molecule has 0 radical (unpaired) electrons. The van der Waals surface area contributed by atoms with Crippen LogP contribution in [0, 0.1) is 16.0 Å². The molecule has 1 heterocycles. The van der Waals surface area contributed by atoms with E-state index in [9.17, 15) is 10.1 Å². The van der Waals surface area contributed by atoms with Gasteiger partial charge in [0.15, 0.2) is 0 Å². The summed E-state index contributed by atoms with van der Waals surface area (Å²) in [7, 11) is 0. The van der Waals surface area contributed by atoms with Crippen molar-refractivity contribution in [1.29, 1.82) is 0 Å². The minimum atomic E-state index is -0.318. The number of nitrogens with one attached hydrogen (secondary N) is 1. The molecule has 1 N–H and O–H groups in total. The maximum absolute atomic E-state index is 11.0. The minimum Gasteiger partial charge on any atom is -0.385 e. The van der Waals surface area contributed by atoms with Crippen molar-refractivity contribution >= 4 is 11.4 Å². The summed E-state index contributed by atoms with van der Waals surface area (Å²) in [5.41, 5.74) is 2.20. The van der Waals surface area contributed by atoms with E-state index in [1.165, 1.54) is 12.8 Å². The Labute approximate surface area is 126 Å². The van der Waals surface area contributed by atoms with Crippen LogP contribution in [0.1, 0.15) is 39.2 Å². The van der Waals surface area contributed by atoms with Crippen LogP contribution in [-0.4, -0.2) is 29.0 Å². The average Bonchev–Trinajstić information content (AvgIpc) is 2.45. The third kappa shape index (κ3) is 3.73. The zero-order valence-corrected chi connectivity index (χ0v) is 13.1. The fourth-order valence-electron chi connectivity index (χ4n) is 3.05. The summed E-state index contributed by atoms with van der Waals surface area (Å²) in [4.78, 5) is 13.1. The van der Waals surface area contributed by atoms with Gasteiger partial charge in [-0.25, -0.2) is 0 Å². The van der Waals surface area contributed by atoms with E-state index in [4.69, 9.17) is 0 Å². The molecule has 0 amide bonds. The Morgan fingerprint density at radius 2 is 2.19 bits per heavy atom. The molecule has 0 aliphatic carbocycles. The molecule has 0 aromatic heterocycles. The fourth-order valence-corrected chi connectivity index (χ4v) is 3.05. The molecule has 0 spiro atoms. The van der Waals surface area contributed by atoms with Gasteiger partial charge in [0.25, 0.3) is 5.69 Å². The lowest BCUT2D eigenvalue weighted by Crippen LogP contribution is -2.41. The number of nitro groups is 1. The van der Waals surface area contributed by atoms with E-state index in [-0.39, 0.29) is 10.6 Å². The number of hydrogen-bond acceptors (Lipinski definition) is 4. The van der Waals surface area contributed by atoms with Crippen molar-refractivity contribution in [3.05, 3.63) is 33.9 Å². The summed E-state index contributed by atoms with van der Waals surface area (Å²) in [6.45, 7) is 9.24. The third-order valence-electron chi connectivity index (χ3n) is 4.54. The number of hydrogen-bond donors (Lipinski definition) is 1. The smallest absolute Gasteiger partial charge is 0.269 e. The third-order valence-corrected chi connectivity index (χ3v) is 4.54. The van der Waals surface area contributed by atoms with Gasteiger partial charge in [-0.15, -0.1) is 0 Å². The summed E-state index contributed by atoms with van der Waals surface area (Å²) in [6.07, 6.45) is 2.48. The second-order valence-corrected chi connectivity index (χ2v) is 5.96. The highest BCUT2D eigenvalue weighted by molar-refractivity contribution is 5.56. The first-order chi connectivity index (χ1) is 10.0. The number of non-ortho nitro benzene ring substituents is 1. The van der Waals surface area contributed by atoms with E-state index in [1.54, 1.807) is 12.1 Å². The van der Waals surface area contributed by atoms with Crippen molar-refractivity contribution in [1.82, 2.24) is 4.90 Å². The summed E-state index contributed by atoms with van der Waals surface area (Å²) in [6, 6.07) is 5.63. The van der Waals surface area contributed by atoms with E-state index < -0.39 is 0 Å². The van der Waals surface area contributed by atoms with Gasteiger partial charge in [-0.1, -0.05) is 6.92 Å². The first-order valence-electron chi connectivity index (χ1n) is 7.78. The van der Waals surface area contributed by atoms with Gasteiger partial charge in [-0.2, -0.15) is 0 Å². The van der Waals surface area contributed by atoms with Crippen molar-refractivity contribution in [2.75, 3.05) is 18.4 Å². The fraction of sp³-hybridized carbons (Fsp3) is 0.625. The summed E-state index contributed by atoms with van der Waals surface area (Å²) in [5.74, 6) is 0.681. The molecule has 1 aromatic rings. The second-order valence-electron chi connectivity index (χ2n) is 5.96. The van der Waals surface area contributed by atoms with Crippen LogP contribution < -0.4 is 5.32 Å². The molecule has 1 fully saturated rings. The molecule has 2 unspecified atom stereocenters. The Hall–Kier alpha value is -1.62. The molecule has 1 aliphatic rings. The molecule has 5 heteroatoms. The Morgan fingerprint density at radius 3 is 2.86 bits per heavy atom. The molecular formula is C16H25N3O2. The molecule has 1 saturated heterocycles. The number of likely N-dealkylation sites (tertiary alicyclic amines) is 1. The Morgan fingerprint density at radius 1 is 1.43 bits per heavy atom. The lowest BCUT2D eigenvalue weighted by molar-refractivity contribution is -0.384. The zero-order valence-electron chi connectivity index (χ0n) is 13.1. The maximum Gasteiger partial charge on any atom is 0.269 e. The normalized spacial score (nSPS) is 23.0. The number of benzene rings is 1. The van der Waals surface area contributed by atoms with E-state index in [0.717, 1.165) is 30.9 Å². The molecule has 2 atom stereocenters. The minimum absolute atomic E-state index is 0.171. The standard InChI is InChI=1S/C16H25N3O2/c1-4-17-16-8-7-15(19(20)21)10-14(16)11-18-9-5-6-12(2)13(18)3/h7-8,10,12-13,17H,4-6,9,11H2,1-3H3. The largest absolute Gasteiger partial charge is 0.385 e. The first kappa shape index (κ1) is 15.8. The quantitative estimate of drug-likeness (QED) is 0.664. The van der Waals surface area contributed by atoms with Crippen LogP contribution in [0.25, 0.3) is 0 Å². The zero-order chi connectivity index (χ0) is 15.4. The van der Waals surface area contributed by atoms with Crippen molar-refractivity contribution in [2.24, 2.45) is 5.92 Å². The molecule has 21 heavy (non-hydrogen) atoms. The van der Waals surface area contributed by atoms with E-state index in [0.29, 0.717) is 12.0 Å². The highest BCUT2D eigenvalue weighted by atomic mass is 16.6. The van der Waals surface area contributed by atoms with E-state index in [2.05, 4.69) is 24.1 Å². The lowest BCUT2D eigenvalue weighted by atomic mass is 9.91. The number of nitrogens with zero attached hydrogens (tertiary/aromatic N) is 2. The van der Waals surface area contributed by atoms with Crippen LogP contribution in [0.2, 0.25) is 0 Å². The summed E-state index contributed by atoms with van der Waals surface area (Å²) in [5, 5.41) is 14.3. The SMILES string of the molecule is CCNc1ccc([N+](=O)[O-])cc1CN1CCCC(C)C1C. The van der Waals surface area contributed by atoms with Crippen molar-refractivity contribution in [3.63, 3.8) is 0 Å². The van der Waals surface area contributed by atoms with E-state index in [1.807, 2.05) is 13.0 Å². The highest BCUT2D eigenvalue weighted by Crippen LogP contribution is 2.28. The van der Waals surface area contributed by atoms with Crippen molar-refractivity contribution < 1.29 is 4.92 Å². The van der Waals surface area contributed by atoms with Crippen LogP contribution in [-0.2, 0) is 6.54 Å². The van der Waals surface area contributed by atoms with Gasteiger partial charge in [0, 0.05) is 37.0 Å². The first-order valence-corrected chi connectivity index (χ1v) is 7.78. The molecule has 0 bridgehead atoms. The molecule has 116 valence electrons. The molecule has 0 saturated carbocycles. The van der Waals surface area contributed by atoms with Crippen molar-refractivity contribution in [3.8, 4) is 0 Å². The number of anilines is 1. The van der Waals surface area contributed by atoms with Crippen molar-refractivity contribution in [2.45, 2.75) is 46.2 Å².